The molecular formula is C17H28N2O5S. The topological polar surface area (TPSA) is 93.7 Å². The van der Waals surface area contributed by atoms with Gasteiger partial charge in [0.25, 0.3) is 0 Å². The third kappa shape index (κ3) is 8.81. The molecule has 1 fully saturated rings. The number of hydrogen-bond acceptors (Lipinski definition) is 6. The Balaban J connectivity index is 1.96. The molecule has 25 heavy (non-hydrogen) atoms. The third-order valence-corrected chi connectivity index (χ3v) is 3.86. The maximum Gasteiger partial charge on any atom is 0.311 e. The van der Waals surface area contributed by atoms with Crippen LogP contribution < -0.4 is 10.6 Å². The Bertz CT molecular complexity index is 502. The molecule has 0 radical (unpaired) electrons. The van der Waals surface area contributed by atoms with Gasteiger partial charge in [-0.05, 0) is 65.1 Å². The molecule has 142 valence electrons. The van der Waals surface area contributed by atoms with Gasteiger partial charge in [0.05, 0.1) is 18.6 Å². The van der Waals surface area contributed by atoms with Crippen LogP contribution in [0.2, 0.25) is 0 Å². The highest BCUT2D eigenvalue weighted by molar-refractivity contribution is 7.80. The largest absolute Gasteiger partial charge is 0.466 e. The molecule has 1 amide bonds. The molecule has 0 aliphatic carbocycles. The van der Waals surface area contributed by atoms with Crippen LogP contribution in [0.4, 0.5) is 0 Å². The minimum absolute atomic E-state index is 0.177. The first-order valence-corrected chi connectivity index (χ1v) is 9.05. The van der Waals surface area contributed by atoms with Crippen LogP contribution in [0.3, 0.4) is 0 Å². The molecular weight excluding hydrogens is 344 g/mol. The predicted molar refractivity (Wildman–Crippen MR) is 96.7 cm³/mol. The molecule has 8 heteroatoms. The highest BCUT2D eigenvalue weighted by Crippen LogP contribution is 2.15. The van der Waals surface area contributed by atoms with Crippen molar-refractivity contribution in [3.63, 3.8) is 0 Å². The first kappa shape index (κ1) is 21.3. The van der Waals surface area contributed by atoms with Crippen molar-refractivity contribution in [1.82, 2.24) is 10.6 Å². The molecule has 0 aromatic carbocycles. The lowest BCUT2D eigenvalue weighted by molar-refractivity contribution is -0.153. The van der Waals surface area contributed by atoms with Crippen LogP contribution in [-0.2, 0) is 23.9 Å². The SMILES string of the molecule is CC(C)(C)C(=O)OCCCCCCOC(=O)CCC1NC(=S)NC1=O. The molecule has 0 aromatic rings. The van der Waals surface area contributed by atoms with E-state index in [1.54, 1.807) is 0 Å². The Hall–Kier alpha value is -1.70. The number of ether oxygens (including phenoxy) is 2. The fourth-order valence-electron chi connectivity index (χ4n) is 2.12. The van der Waals surface area contributed by atoms with Gasteiger partial charge in [-0.25, -0.2) is 0 Å². The number of nitrogens with one attached hydrogen (secondary N) is 2. The van der Waals surface area contributed by atoms with E-state index in [2.05, 4.69) is 10.6 Å². The highest BCUT2D eigenvalue weighted by Gasteiger charge is 2.27. The molecule has 1 unspecified atom stereocenters. The van der Waals surface area contributed by atoms with Crippen molar-refractivity contribution in [3.8, 4) is 0 Å². The summed E-state index contributed by atoms with van der Waals surface area (Å²) in [5.41, 5.74) is -0.464. The van der Waals surface area contributed by atoms with Gasteiger partial charge in [0.15, 0.2) is 5.11 Å². The average Bonchev–Trinajstić information content (AvgIpc) is 2.84. The quantitative estimate of drug-likeness (QED) is 0.343. The van der Waals surface area contributed by atoms with E-state index in [-0.39, 0.29) is 24.3 Å². The Morgan fingerprint density at radius 3 is 2.20 bits per heavy atom. The van der Waals surface area contributed by atoms with Gasteiger partial charge in [-0.2, -0.15) is 0 Å². The maximum absolute atomic E-state index is 11.6. The van der Waals surface area contributed by atoms with Gasteiger partial charge in [-0.1, -0.05) is 0 Å². The van der Waals surface area contributed by atoms with E-state index in [4.69, 9.17) is 21.7 Å². The van der Waals surface area contributed by atoms with Crippen molar-refractivity contribution in [1.29, 1.82) is 0 Å². The molecule has 0 aromatic heterocycles. The number of amides is 1. The number of carbonyl (C=O) groups is 3. The van der Waals surface area contributed by atoms with Gasteiger partial charge in [0.1, 0.15) is 6.04 Å². The van der Waals surface area contributed by atoms with Crippen LogP contribution >= 0.6 is 12.2 Å². The van der Waals surface area contributed by atoms with Crippen molar-refractivity contribution in [2.75, 3.05) is 13.2 Å². The van der Waals surface area contributed by atoms with Crippen LogP contribution in [0.15, 0.2) is 0 Å². The summed E-state index contributed by atoms with van der Waals surface area (Å²) in [4.78, 5) is 34.6. The average molecular weight is 372 g/mol. The molecule has 1 heterocycles. The number of unbranched alkanes of at least 4 members (excludes halogenated alkanes) is 3. The molecule has 0 spiro atoms. The van der Waals surface area contributed by atoms with Crippen LogP contribution in [0, 0.1) is 5.41 Å². The fourth-order valence-corrected chi connectivity index (χ4v) is 2.36. The Kier molecular flexibility index (Phi) is 8.82. The molecule has 1 rings (SSSR count). The third-order valence-electron chi connectivity index (χ3n) is 3.64. The van der Waals surface area contributed by atoms with Crippen LogP contribution in [0.5, 0.6) is 0 Å². The minimum atomic E-state index is -0.464. The lowest BCUT2D eigenvalue weighted by Crippen LogP contribution is -2.29. The predicted octanol–water partition coefficient (Wildman–Crippen LogP) is 1.83. The second-order valence-corrected chi connectivity index (χ2v) is 7.48. The van der Waals surface area contributed by atoms with Gasteiger partial charge in [0, 0.05) is 6.42 Å². The Morgan fingerprint density at radius 2 is 1.68 bits per heavy atom. The van der Waals surface area contributed by atoms with Crippen molar-refractivity contribution >= 4 is 35.2 Å². The normalized spacial score (nSPS) is 17.0. The van der Waals surface area contributed by atoms with E-state index in [0.717, 1.165) is 25.7 Å². The molecule has 2 N–H and O–H groups in total. The van der Waals surface area contributed by atoms with Crippen LogP contribution in [-0.4, -0.2) is 42.2 Å². The van der Waals surface area contributed by atoms with Gasteiger partial charge >= 0.3 is 11.9 Å². The number of rotatable bonds is 10. The second-order valence-electron chi connectivity index (χ2n) is 7.07. The number of carbonyl (C=O) groups excluding carboxylic acids is 3. The number of hydrogen-bond donors (Lipinski definition) is 2. The smallest absolute Gasteiger partial charge is 0.311 e. The lowest BCUT2D eigenvalue weighted by Gasteiger charge is -2.16. The Labute approximate surface area is 154 Å². The van der Waals surface area contributed by atoms with Crippen molar-refractivity contribution in [2.45, 2.75) is 65.3 Å². The summed E-state index contributed by atoms with van der Waals surface area (Å²) < 4.78 is 10.3. The minimum Gasteiger partial charge on any atom is -0.466 e. The van der Waals surface area contributed by atoms with Gasteiger partial charge < -0.3 is 20.1 Å². The van der Waals surface area contributed by atoms with E-state index in [9.17, 15) is 14.4 Å². The van der Waals surface area contributed by atoms with E-state index in [0.29, 0.717) is 24.7 Å². The van der Waals surface area contributed by atoms with E-state index in [1.165, 1.54) is 0 Å². The van der Waals surface area contributed by atoms with Crippen LogP contribution in [0.1, 0.15) is 59.3 Å². The van der Waals surface area contributed by atoms with Crippen LogP contribution in [0.25, 0.3) is 0 Å². The fraction of sp³-hybridized carbons (Fsp3) is 0.765. The van der Waals surface area contributed by atoms with Gasteiger partial charge in [-0.3, -0.25) is 14.4 Å². The van der Waals surface area contributed by atoms with E-state index < -0.39 is 11.5 Å². The molecule has 1 saturated heterocycles. The maximum atomic E-state index is 11.6. The number of esters is 2. The monoisotopic (exact) mass is 372 g/mol. The summed E-state index contributed by atoms with van der Waals surface area (Å²) in [7, 11) is 0. The lowest BCUT2D eigenvalue weighted by atomic mass is 9.97. The summed E-state index contributed by atoms with van der Waals surface area (Å²) in [6.07, 6.45) is 3.93. The van der Waals surface area contributed by atoms with E-state index in [1.807, 2.05) is 20.8 Å². The van der Waals surface area contributed by atoms with Gasteiger partial charge in [0.2, 0.25) is 5.91 Å². The summed E-state index contributed by atoms with van der Waals surface area (Å²) in [6, 6.07) is -0.448. The first-order chi connectivity index (χ1) is 11.7. The highest BCUT2D eigenvalue weighted by atomic mass is 32.1. The van der Waals surface area contributed by atoms with E-state index >= 15 is 0 Å². The molecule has 0 bridgehead atoms. The molecule has 1 aliphatic heterocycles. The van der Waals surface area contributed by atoms with Gasteiger partial charge in [-0.15, -0.1) is 0 Å². The van der Waals surface area contributed by atoms with Crippen molar-refractivity contribution < 1.29 is 23.9 Å². The zero-order chi connectivity index (χ0) is 18.9. The molecule has 1 atom stereocenters. The summed E-state index contributed by atoms with van der Waals surface area (Å²) in [6.45, 7) is 6.27. The number of thiocarbonyl (C=S) groups is 1. The zero-order valence-corrected chi connectivity index (χ0v) is 16.0. The Morgan fingerprint density at radius 1 is 1.08 bits per heavy atom. The standard InChI is InChI=1S/C17H28N2O5S/c1-17(2,3)15(22)24-11-7-5-4-6-10-23-13(20)9-8-12-14(21)19-16(25)18-12/h12H,4-11H2,1-3H3,(H2,18,19,21,25). The second kappa shape index (κ2) is 10.3. The summed E-state index contributed by atoms with van der Waals surface area (Å²) in [5, 5.41) is 5.58. The summed E-state index contributed by atoms with van der Waals surface area (Å²) >= 11 is 4.83. The molecule has 7 nitrogen and oxygen atoms in total. The molecule has 0 saturated carbocycles. The van der Waals surface area contributed by atoms with Crippen molar-refractivity contribution in [2.24, 2.45) is 5.41 Å². The first-order valence-electron chi connectivity index (χ1n) is 8.64. The van der Waals surface area contributed by atoms with Crippen molar-refractivity contribution in [3.05, 3.63) is 0 Å². The summed E-state index contributed by atoms with van der Waals surface area (Å²) in [5.74, 6) is -0.705. The molecule has 1 aliphatic rings. The zero-order valence-electron chi connectivity index (χ0n) is 15.2.